The van der Waals surface area contributed by atoms with Crippen molar-refractivity contribution in [3.05, 3.63) is 58.3 Å². The van der Waals surface area contributed by atoms with Gasteiger partial charge in [0.2, 0.25) is 0 Å². The van der Waals surface area contributed by atoms with Crippen molar-refractivity contribution >= 4 is 11.8 Å². The minimum Gasteiger partial charge on any atom is -0.465 e. The molecule has 4 nitrogen and oxygen atoms in total. The Morgan fingerprint density at radius 1 is 1.17 bits per heavy atom. The topological polar surface area (TPSA) is 51.2 Å². The smallest absolute Gasteiger partial charge is 0.339 e. The lowest BCUT2D eigenvalue weighted by atomic mass is 10.1. The molecule has 0 radical (unpaired) electrons. The van der Waals surface area contributed by atoms with E-state index in [1.54, 1.807) is 6.92 Å². The molecule has 23 heavy (non-hydrogen) atoms. The number of ether oxygens (including phenoxy) is 1. The molecule has 0 aliphatic carbocycles. The minimum absolute atomic E-state index is 0.141. The van der Waals surface area contributed by atoms with Crippen molar-refractivity contribution in [3.8, 4) is 0 Å². The summed E-state index contributed by atoms with van der Waals surface area (Å²) < 4.78 is 57.9. The van der Waals surface area contributed by atoms with Gasteiger partial charge >= 0.3 is 5.97 Å². The number of nitrogens with one attached hydrogen (secondary N) is 1. The van der Waals surface area contributed by atoms with E-state index >= 15 is 0 Å². The SMILES string of the molecule is COC(=O)c1ccc(NCc2c(F)c(F)cc(F)c2F)nc1C. The number of nitrogens with zero attached hydrogens (tertiary/aromatic N) is 1. The fourth-order valence-corrected chi connectivity index (χ4v) is 1.94. The van der Waals surface area contributed by atoms with Crippen molar-refractivity contribution in [3.63, 3.8) is 0 Å². The number of benzene rings is 1. The Kier molecular flexibility index (Phi) is 4.83. The minimum atomic E-state index is -1.48. The van der Waals surface area contributed by atoms with Crippen LogP contribution in [0.25, 0.3) is 0 Å². The number of carbonyl (C=O) groups excluding carboxylic acids is 1. The van der Waals surface area contributed by atoms with Crippen LogP contribution < -0.4 is 5.32 Å². The number of halogens is 4. The average molecular weight is 328 g/mol. The van der Waals surface area contributed by atoms with Crippen molar-refractivity contribution in [1.29, 1.82) is 0 Å². The number of aromatic nitrogens is 1. The third-order valence-corrected chi connectivity index (χ3v) is 3.14. The van der Waals surface area contributed by atoms with Gasteiger partial charge in [0.15, 0.2) is 23.3 Å². The molecular weight excluding hydrogens is 316 g/mol. The number of carbonyl (C=O) groups is 1. The van der Waals surface area contributed by atoms with Crippen LogP contribution in [0.4, 0.5) is 23.4 Å². The number of hydrogen-bond donors (Lipinski definition) is 1. The maximum Gasteiger partial charge on any atom is 0.339 e. The Labute approximate surface area is 129 Å². The second-order valence-corrected chi connectivity index (χ2v) is 4.62. The summed E-state index contributed by atoms with van der Waals surface area (Å²) >= 11 is 0. The number of methoxy groups -OCH3 is 1. The molecule has 0 saturated heterocycles. The van der Waals surface area contributed by atoms with Crippen LogP contribution >= 0.6 is 0 Å². The molecule has 1 N–H and O–H groups in total. The van der Waals surface area contributed by atoms with Gasteiger partial charge in [0.25, 0.3) is 0 Å². The van der Waals surface area contributed by atoms with E-state index in [9.17, 15) is 22.4 Å². The maximum atomic E-state index is 13.5. The van der Waals surface area contributed by atoms with Gasteiger partial charge in [-0.15, -0.1) is 0 Å². The van der Waals surface area contributed by atoms with Crippen molar-refractivity contribution in [2.75, 3.05) is 12.4 Å². The van der Waals surface area contributed by atoms with Gasteiger partial charge in [0.05, 0.1) is 18.4 Å². The first-order valence-corrected chi connectivity index (χ1v) is 6.46. The zero-order chi connectivity index (χ0) is 17.1. The summed E-state index contributed by atoms with van der Waals surface area (Å²) in [5.74, 6) is -6.31. The van der Waals surface area contributed by atoms with E-state index in [0.717, 1.165) is 0 Å². The largest absolute Gasteiger partial charge is 0.465 e. The lowest BCUT2D eigenvalue weighted by Gasteiger charge is -2.10. The highest BCUT2D eigenvalue weighted by Gasteiger charge is 2.19. The van der Waals surface area contributed by atoms with Crippen LogP contribution in [0.5, 0.6) is 0 Å². The highest BCUT2D eigenvalue weighted by molar-refractivity contribution is 5.90. The van der Waals surface area contributed by atoms with Crippen molar-refractivity contribution in [1.82, 2.24) is 4.98 Å². The van der Waals surface area contributed by atoms with Gasteiger partial charge in [-0.05, 0) is 19.1 Å². The van der Waals surface area contributed by atoms with Crippen molar-refractivity contribution in [2.24, 2.45) is 0 Å². The van der Waals surface area contributed by atoms with E-state index in [4.69, 9.17) is 0 Å². The van der Waals surface area contributed by atoms with Gasteiger partial charge in [-0.3, -0.25) is 0 Å². The Hall–Kier alpha value is -2.64. The monoisotopic (exact) mass is 328 g/mol. The molecule has 0 fully saturated rings. The van der Waals surface area contributed by atoms with E-state index < -0.39 is 41.3 Å². The van der Waals surface area contributed by atoms with Gasteiger partial charge in [0, 0.05) is 18.2 Å². The Morgan fingerprint density at radius 3 is 2.30 bits per heavy atom. The quantitative estimate of drug-likeness (QED) is 0.531. The summed E-state index contributed by atoms with van der Waals surface area (Å²) in [7, 11) is 1.22. The number of esters is 1. The predicted octanol–water partition coefficient (Wildman–Crippen LogP) is 3.35. The molecule has 0 amide bonds. The van der Waals surface area contributed by atoms with Gasteiger partial charge < -0.3 is 10.1 Å². The van der Waals surface area contributed by atoms with Crippen LogP contribution in [0.15, 0.2) is 18.2 Å². The molecule has 0 bridgehead atoms. The van der Waals surface area contributed by atoms with Crippen molar-refractivity contribution < 1.29 is 27.1 Å². The summed E-state index contributed by atoms with van der Waals surface area (Å²) in [6.07, 6.45) is 0. The van der Waals surface area contributed by atoms with Crippen LogP contribution in [0.3, 0.4) is 0 Å². The zero-order valence-corrected chi connectivity index (χ0v) is 12.2. The summed E-state index contributed by atoms with van der Waals surface area (Å²) in [6.45, 7) is 1.02. The lowest BCUT2D eigenvalue weighted by molar-refractivity contribution is 0.0599. The Bertz CT molecular complexity index is 739. The molecule has 122 valence electrons. The molecule has 0 aliphatic heterocycles. The van der Waals surface area contributed by atoms with E-state index in [1.165, 1.54) is 19.2 Å². The van der Waals surface area contributed by atoms with Gasteiger partial charge in [-0.1, -0.05) is 0 Å². The second kappa shape index (κ2) is 6.64. The molecule has 2 rings (SSSR count). The van der Waals surface area contributed by atoms with Crippen LogP contribution in [0.2, 0.25) is 0 Å². The van der Waals surface area contributed by atoms with Crippen LogP contribution in [0.1, 0.15) is 21.6 Å². The van der Waals surface area contributed by atoms with Gasteiger partial charge in [-0.25, -0.2) is 27.3 Å². The molecule has 0 aliphatic rings. The summed E-state index contributed by atoms with van der Waals surface area (Å²) in [5, 5.41) is 2.55. The van der Waals surface area contributed by atoms with E-state index in [1.807, 2.05) is 0 Å². The third-order valence-electron chi connectivity index (χ3n) is 3.14. The highest BCUT2D eigenvalue weighted by Crippen LogP contribution is 2.20. The average Bonchev–Trinajstić information content (AvgIpc) is 2.52. The number of pyridine rings is 1. The summed E-state index contributed by atoms with van der Waals surface area (Å²) in [4.78, 5) is 15.4. The summed E-state index contributed by atoms with van der Waals surface area (Å²) in [5.41, 5.74) is -0.223. The van der Waals surface area contributed by atoms with Gasteiger partial charge in [0.1, 0.15) is 5.82 Å². The molecule has 2 aromatic rings. The lowest BCUT2D eigenvalue weighted by Crippen LogP contribution is -2.11. The Morgan fingerprint density at radius 2 is 1.78 bits per heavy atom. The molecule has 0 atom stereocenters. The third kappa shape index (κ3) is 3.41. The summed E-state index contributed by atoms with van der Waals surface area (Å²) in [6, 6.07) is 2.93. The molecule has 1 aromatic heterocycles. The number of anilines is 1. The van der Waals surface area contributed by atoms with E-state index in [2.05, 4.69) is 15.0 Å². The molecule has 0 saturated carbocycles. The highest BCUT2D eigenvalue weighted by atomic mass is 19.2. The van der Waals surface area contributed by atoms with E-state index in [-0.39, 0.29) is 17.4 Å². The predicted molar refractivity (Wildman–Crippen MR) is 73.9 cm³/mol. The van der Waals surface area contributed by atoms with Crippen LogP contribution in [-0.4, -0.2) is 18.1 Å². The van der Waals surface area contributed by atoms with Gasteiger partial charge in [-0.2, -0.15) is 0 Å². The van der Waals surface area contributed by atoms with Crippen LogP contribution in [-0.2, 0) is 11.3 Å². The normalized spacial score (nSPS) is 10.5. The molecule has 0 unspecified atom stereocenters. The number of aryl methyl sites for hydroxylation is 1. The second-order valence-electron chi connectivity index (χ2n) is 4.62. The fraction of sp³-hybridized carbons (Fsp3) is 0.200. The molecule has 8 heteroatoms. The fourth-order valence-electron chi connectivity index (χ4n) is 1.94. The molecular formula is C15H12F4N2O2. The molecule has 1 heterocycles. The van der Waals surface area contributed by atoms with Crippen LogP contribution in [0, 0.1) is 30.2 Å². The van der Waals surface area contributed by atoms with Crippen molar-refractivity contribution in [2.45, 2.75) is 13.5 Å². The number of hydrogen-bond acceptors (Lipinski definition) is 4. The molecule has 1 aromatic carbocycles. The molecule has 0 spiro atoms. The first-order valence-electron chi connectivity index (χ1n) is 6.46. The zero-order valence-electron chi connectivity index (χ0n) is 12.2. The first kappa shape index (κ1) is 16.7. The van der Waals surface area contributed by atoms with E-state index in [0.29, 0.717) is 5.69 Å². The first-order chi connectivity index (χ1) is 10.8. The Balaban J connectivity index is 2.22. The number of rotatable bonds is 4. The maximum absolute atomic E-state index is 13.5. The standard InChI is InChI=1S/C15H12F4N2O2/c1-7-8(15(22)23-2)3-4-12(21-7)20-6-9-13(18)10(16)5-11(17)14(9)19/h3-5H,6H2,1-2H3,(H,20,21).